The first-order chi connectivity index (χ1) is 14.9. The molecule has 1 aliphatic heterocycles. The highest BCUT2D eigenvalue weighted by Gasteiger charge is 2.27. The Bertz CT molecular complexity index is 1160. The zero-order valence-electron chi connectivity index (χ0n) is 17.6. The standard InChI is InChI=1S/C24H25FN4O2/c1-16-5-10-21(17(2)14-16)26-24(31)18-4-3-13-28(15-18)22-11-12-23(30)29(27-22)20-8-6-19(25)7-9-20/h5-12,14,18H,3-4,13,15H2,1-2H3,(H,26,31)/t18-/m0/s1. The predicted octanol–water partition coefficient (Wildman–Crippen LogP) is 3.84. The minimum Gasteiger partial charge on any atom is -0.354 e. The van der Waals surface area contributed by atoms with Crippen LogP contribution in [0.1, 0.15) is 24.0 Å². The second-order valence-electron chi connectivity index (χ2n) is 8.01. The van der Waals surface area contributed by atoms with E-state index < -0.39 is 0 Å². The van der Waals surface area contributed by atoms with E-state index >= 15 is 0 Å². The van der Waals surface area contributed by atoms with Gasteiger partial charge in [0.1, 0.15) is 11.6 Å². The molecule has 0 spiro atoms. The number of aromatic nitrogens is 2. The molecule has 31 heavy (non-hydrogen) atoms. The molecule has 4 rings (SSSR count). The average molecular weight is 420 g/mol. The largest absolute Gasteiger partial charge is 0.354 e. The van der Waals surface area contributed by atoms with E-state index in [0.29, 0.717) is 18.1 Å². The zero-order valence-corrected chi connectivity index (χ0v) is 17.6. The first-order valence-corrected chi connectivity index (χ1v) is 10.4. The molecule has 0 bridgehead atoms. The highest BCUT2D eigenvalue weighted by Crippen LogP contribution is 2.24. The van der Waals surface area contributed by atoms with Crippen molar-refractivity contribution in [3.63, 3.8) is 0 Å². The number of hydrogen-bond acceptors (Lipinski definition) is 4. The Morgan fingerprint density at radius 3 is 2.61 bits per heavy atom. The van der Waals surface area contributed by atoms with Gasteiger partial charge in [0.25, 0.3) is 5.56 Å². The molecule has 7 heteroatoms. The van der Waals surface area contributed by atoms with E-state index in [4.69, 9.17) is 0 Å². The maximum Gasteiger partial charge on any atom is 0.271 e. The maximum atomic E-state index is 13.2. The van der Waals surface area contributed by atoms with Crippen molar-refractivity contribution < 1.29 is 9.18 Å². The Morgan fingerprint density at radius 2 is 1.87 bits per heavy atom. The van der Waals surface area contributed by atoms with Gasteiger partial charge in [-0.3, -0.25) is 9.59 Å². The van der Waals surface area contributed by atoms with E-state index in [2.05, 4.69) is 10.4 Å². The van der Waals surface area contributed by atoms with E-state index in [0.717, 1.165) is 36.2 Å². The summed E-state index contributed by atoms with van der Waals surface area (Å²) in [6.07, 6.45) is 1.65. The predicted molar refractivity (Wildman–Crippen MR) is 119 cm³/mol. The number of rotatable bonds is 4. The van der Waals surface area contributed by atoms with Gasteiger partial charge in [-0.25, -0.2) is 4.39 Å². The van der Waals surface area contributed by atoms with Crippen molar-refractivity contribution in [1.82, 2.24) is 9.78 Å². The highest BCUT2D eigenvalue weighted by molar-refractivity contribution is 5.93. The number of carbonyl (C=O) groups is 1. The van der Waals surface area contributed by atoms with Crippen molar-refractivity contribution >= 4 is 17.4 Å². The molecule has 0 unspecified atom stereocenters. The molecule has 160 valence electrons. The molecular formula is C24H25FN4O2. The van der Waals surface area contributed by atoms with Crippen molar-refractivity contribution in [2.45, 2.75) is 26.7 Å². The van der Waals surface area contributed by atoms with Gasteiger partial charge in [0.15, 0.2) is 0 Å². The fourth-order valence-electron chi connectivity index (χ4n) is 3.93. The summed E-state index contributed by atoms with van der Waals surface area (Å²) in [5, 5.41) is 7.53. The average Bonchev–Trinajstić information content (AvgIpc) is 2.77. The van der Waals surface area contributed by atoms with Crippen molar-refractivity contribution in [1.29, 1.82) is 0 Å². The van der Waals surface area contributed by atoms with Crippen LogP contribution in [-0.4, -0.2) is 28.8 Å². The second-order valence-corrected chi connectivity index (χ2v) is 8.01. The normalized spacial score (nSPS) is 16.2. The number of carbonyl (C=O) groups excluding carboxylic acids is 1. The van der Waals surface area contributed by atoms with Crippen LogP contribution in [0, 0.1) is 25.6 Å². The summed E-state index contributed by atoms with van der Waals surface area (Å²) in [6.45, 7) is 5.28. The number of nitrogens with one attached hydrogen (secondary N) is 1. The molecule has 1 aliphatic rings. The lowest BCUT2D eigenvalue weighted by atomic mass is 9.96. The van der Waals surface area contributed by atoms with Gasteiger partial charge in [0.05, 0.1) is 11.6 Å². The van der Waals surface area contributed by atoms with Crippen molar-refractivity contribution in [3.8, 4) is 5.69 Å². The fourth-order valence-corrected chi connectivity index (χ4v) is 3.93. The Kier molecular flexibility index (Phi) is 5.84. The molecule has 1 N–H and O–H groups in total. The number of benzene rings is 2. The van der Waals surface area contributed by atoms with Crippen LogP contribution in [0.15, 0.2) is 59.4 Å². The lowest BCUT2D eigenvalue weighted by Crippen LogP contribution is -2.41. The van der Waals surface area contributed by atoms with Crippen LogP contribution < -0.4 is 15.8 Å². The van der Waals surface area contributed by atoms with Crippen LogP contribution in [0.2, 0.25) is 0 Å². The molecule has 1 atom stereocenters. The molecule has 2 aromatic carbocycles. The number of nitrogens with zero attached hydrogens (tertiary/aromatic N) is 3. The third kappa shape index (κ3) is 4.66. The van der Waals surface area contributed by atoms with Crippen LogP contribution in [0.5, 0.6) is 0 Å². The monoisotopic (exact) mass is 420 g/mol. The van der Waals surface area contributed by atoms with Gasteiger partial charge in [-0.2, -0.15) is 4.68 Å². The highest BCUT2D eigenvalue weighted by atomic mass is 19.1. The fraction of sp³-hybridized carbons (Fsp3) is 0.292. The van der Waals surface area contributed by atoms with Crippen LogP contribution in [0.3, 0.4) is 0 Å². The molecule has 0 radical (unpaired) electrons. The summed E-state index contributed by atoms with van der Waals surface area (Å²) >= 11 is 0. The van der Waals surface area contributed by atoms with Gasteiger partial charge in [-0.05, 0) is 68.7 Å². The van der Waals surface area contributed by atoms with Crippen molar-refractivity contribution in [3.05, 3.63) is 81.9 Å². The molecule has 1 fully saturated rings. The van der Waals surface area contributed by atoms with E-state index in [-0.39, 0.29) is 23.2 Å². The number of amides is 1. The number of anilines is 2. The van der Waals surface area contributed by atoms with Crippen LogP contribution in [0.4, 0.5) is 15.9 Å². The second kappa shape index (κ2) is 8.71. The smallest absolute Gasteiger partial charge is 0.271 e. The Hall–Kier alpha value is -3.48. The third-order valence-electron chi connectivity index (χ3n) is 5.61. The molecular weight excluding hydrogens is 395 g/mol. The SMILES string of the molecule is Cc1ccc(NC(=O)[C@H]2CCCN(c3ccc(=O)n(-c4ccc(F)cc4)n3)C2)c(C)c1. The first-order valence-electron chi connectivity index (χ1n) is 10.4. The van der Waals surface area contributed by atoms with Gasteiger partial charge in [-0.1, -0.05) is 17.7 Å². The van der Waals surface area contributed by atoms with E-state index in [1.165, 1.54) is 35.0 Å². The van der Waals surface area contributed by atoms with Gasteiger partial charge >= 0.3 is 0 Å². The van der Waals surface area contributed by atoms with Crippen LogP contribution in [0.25, 0.3) is 5.69 Å². The summed E-state index contributed by atoms with van der Waals surface area (Å²) in [6, 6.07) is 14.7. The molecule has 0 aliphatic carbocycles. The van der Waals surface area contributed by atoms with Gasteiger partial charge in [-0.15, -0.1) is 5.10 Å². The summed E-state index contributed by atoms with van der Waals surface area (Å²) in [4.78, 5) is 27.2. The van der Waals surface area contributed by atoms with Gasteiger partial charge in [0, 0.05) is 24.8 Å². The number of halogens is 1. The minimum atomic E-state index is -0.373. The Morgan fingerprint density at radius 1 is 1.10 bits per heavy atom. The molecule has 1 amide bonds. The molecule has 6 nitrogen and oxygen atoms in total. The summed E-state index contributed by atoms with van der Waals surface area (Å²) in [7, 11) is 0. The zero-order chi connectivity index (χ0) is 22.0. The lowest BCUT2D eigenvalue weighted by molar-refractivity contribution is -0.120. The summed E-state index contributed by atoms with van der Waals surface area (Å²) < 4.78 is 14.5. The quantitative estimate of drug-likeness (QED) is 0.696. The van der Waals surface area contributed by atoms with Gasteiger partial charge in [0.2, 0.25) is 5.91 Å². The van der Waals surface area contributed by atoms with Crippen LogP contribution >= 0.6 is 0 Å². The lowest BCUT2D eigenvalue weighted by Gasteiger charge is -2.33. The van der Waals surface area contributed by atoms with Crippen molar-refractivity contribution in [2.24, 2.45) is 5.92 Å². The maximum absolute atomic E-state index is 13.2. The van der Waals surface area contributed by atoms with Gasteiger partial charge < -0.3 is 10.2 Å². The number of piperidine rings is 1. The van der Waals surface area contributed by atoms with E-state index in [1.54, 1.807) is 6.07 Å². The molecule has 3 aromatic rings. The Balaban J connectivity index is 1.52. The summed E-state index contributed by atoms with van der Waals surface area (Å²) in [5.74, 6) is 0.0561. The van der Waals surface area contributed by atoms with E-state index in [1.807, 2.05) is 36.9 Å². The van der Waals surface area contributed by atoms with E-state index in [9.17, 15) is 14.0 Å². The Labute approximate surface area is 180 Å². The molecule has 2 heterocycles. The molecule has 1 aromatic heterocycles. The molecule has 0 saturated carbocycles. The first kappa shape index (κ1) is 20.8. The number of aryl methyl sites for hydroxylation is 2. The third-order valence-corrected chi connectivity index (χ3v) is 5.61. The van der Waals surface area contributed by atoms with Crippen molar-refractivity contribution in [2.75, 3.05) is 23.3 Å². The minimum absolute atomic E-state index is 0.0106. The number of hydrogen-bond donors (Lipinski definition) is 1. The van der Waals surface area contributed by atoms with Crippen LogP contribution in [-0.2, 0) is 4.79 Å². The molecule has 1 saturated heterocycles. The summed E-state index contributed by atoms with van der Waals surface area (Å²) in [5.41, 5.74) is 3.22. The topological polar surface area (TPSA) is 67.2 Å².